The molecule has 0 saturated heterocycles. The number of rotatable bonds is 6. The maximum atomic E-state index is 11.5. The van der Waals surface area contributed by atoms with Gasteiger partial charge in [0.15, 0.2) is 0 Å². The lowest BCUT2D eigenvalue weighted by atomic mass is 9.91. The molecule has 0 amide bonds. The largest absolute Gasteiger partial charge is 0.468 e. The summed E-state index contributed by atoms with van der Waals surface area (Å²) in [5.74, 6) is -0.0330. The Bertz CT molecular complexity index is 514. The van der Waals surface area contributed by atoms with Crippen molar-refractivity contribution in [3.63, 3.8) is 0 Å². The highest BCUT2D eigenvalue weighted by atomic mass is 16.5. The summed E-state index contributed by atoms with van der Waals surface area (Å²) in [5, 5.41) is 3.26. The normalized spacial score (nSPS) is 12.1. The molecule has 2 rings (SSSR count). The number of esters is 1. The van der Waals surface area contributed by atoms with Crippen molar-refractivity contribution in [3.05, 3.63) is 71.8 Å². The van der Waals surface area contributed by atoms with Crippen molar-refractivity contribution in [2.24, 2.45) is 0 Å². The lowest BCUT2D eigenvalue weighted by Gasteiger charge is -2.21. The molecule has 1 atom stereocenters. The molecule has 0 unspecified atom stereocenters. The molecule has 3 nitrogen and oxygen atoms in total. The molecule has 2 aromatic rings. The van der Waals surface area contributed by atoms with Gasteiger partial charge in [0, 0.05) is 12.5 Å². The number of carbonyl (C=O) groups excluding carboxylic acids is 1. The number of hydrogen-bond donors (Lipinski definition) is 1. The number of benzene rings is 2. The van der Waals surface area contributed by atoms with Gasteiger partial charge < -0.3 is 10.1 Å². The first-order valence-electron chi connectivity index (χ1n) is 7.13. The van der Waals surface area contributed by atoms with Crippen molar-refractivity contribution in [2.75, 3.05) is 13.7 Å². The zero-order valence-electron chi connectivity index (χ0n) is 12.5. The minimum Gasteiger partial charge on any atom is -0.468 e. The van der Waals surface area contributed by atoms with Gasteiger partial charge in [-0.3, -0.25) is 4.79 Å². The fraction of sp³-hybridized carbons (Fsp3) is 0.278. The third kappa shape index (κ3) is 4.17. The zero-order chi connectivity index (χ0) is 15.1. The SMILES string of the molecule is COC(=O)[C@H](C)NCC(c1ccccc1)c1ccccc1. The van der Waals surface area contributed by atoms with E-state index in [0.29, 0.717) is 6.54 Å². The molecule has 0 aromatic heterocycles. The molecule has 0 saturated carbocycles. The summed E-state index contributed by atoms with van der Waals surface area (Å²) in [6, 6.07) is 20.3. The molecule has 0 heterocycles. The molecule has 0 spiro atoms. The predicted molar refractivity (Wildman–Crippen MR) is 84.2 cm³/mol. The number of ether oxygens (including phenoxy) is 1. The van der Waals surface area contributed by atoms with Crippen LogP contribution in [0, 0.1) is 0 Å². The van der Waals surface area contributed by atoms with Crippen LogP contribution in [0.5, 0.6) is 0 Å². The molecule has 0 aliphatic rings. The van der Waals surface area contributed by atoms with Crippen molar-refractivity contribution >= 4 is 5.97 Å². The molecule has 2 aromatic carbocycles. The van der Waals surface area contributed by atoms with Crippen molar-refractivity contribution in [2.45, 2.75) is 18.9 Å². The number of hydrogen-bond acceptors (Lipinski definition) is 3. The van der Waals surface area contributed by atoms with E-state index in [4.69, 9.17) is 4.74 Å². The molecule has 3 heteroatoms. The van der Waals surface area contributed by atoms with Gasteiger partial charge in [-0.1, -0.05) is 60.7 Å². The summed E-state index contributed by atoms with van der Waals surface area (Å²) < 4.78 is 4.75. The van der Waals surface area contributed by atoms with E-state index < -0.39 is 0 Å². The quantitative estimate of drug-likeness (QED) is 0.828. The van der Waals surface area contributed by atoms with Crippen molar-refractivity contribution in [3.8, 4) is 0 Å². The average molecular weight is 283 g/mol. The van der Waals surface area contributed by atoms with Gasteiger partial charge in [0.05, 0.1) is 7.11 Å². The van der Waals surface area contributed by atoms with Crippen LogP contribution in [0.15, 0.2) is 60.7 Å². The average Bonchev–Trinajstić information content (AvgIpc) is 2.56. The van der Waals surface area contributed by atoms with Crippen LogP contribution in [0.2, 0.25) is 0 Å². The summed E-state index contributed by atoms with van der Waals surface area (Å²) in [5.41, 5.74) is 2.46. The first-order valence-corrected chi connectivity index (χ1v) is 7.13. The van der Waals surface area contributed by atoms with E-state index in [9.17, 15) is 4.79 Å². The highest BCUT2D eigenvalue weighted by Gasteiger charge is 2.18. The minimum atomic E-state index is -0.315. The lowest BCUT2D eigenvalue weighted by molar-refractivity contribution is -0.142. The van der Waals surface area contributed by atoms with Gasteiger partial charge in [-0.25, -0.2) is 0 Å². The lowest BCUT2D eigenvalue weighted by Crippen LogP contribution is -2.37. The Morgan fingerprint density at radius 2 is 1.48 bits per heavy atom. The Hall–Kier alpha value is -2.13. The molecule has 0 fully saturated rings. The first kappa shape index (κ1) is 15.3. The van der Waals surface area contributed by atoms with Gasteiger partial charge in [-0.05, 0) is 18.1 Å². The van der Waals surface area contributed by atoms with Crippen LogP contribution in [0.1, 0.15) is 24.0 Å². The van der Waals surface area contributed by atoms with Crippen LogP contribution < -0.4 is 5.32 Å². The molecule has 0 radical (unpaired) electrons. The van der Waals surface area contributed by atoms with Crippen LogP contribution in [0.3, 0.4) is 0 Å². The van der Waals surface area contributed by atoms with Crippen LogP contribution in [0.25, 0.3) is 0 Å². The topological polar surface area (TPSA) is 38.3 Å². The highest BCUT2D eigenvalue weighted by Crippen LogP contribution is 2.23. The Kier molecular flexibility index (Phi) is 5.52. The van der Waals surface area contributed by atoms with E-state index in [1.54, 1.807) is 0 Å². The fourth-order valence-electron chi connectivity index (χ4n) is 2.35. The van der Waals surface area contributed by atoms with Crippen LogP contribution in [-0.4, -0.2) is 25.7 Å². The van der Waals surface area contributed by atoms with E-state index >= 15 is 0 Å². The van der Waals surface area contributed by atoms with Crippen molar-refractivity contribution in [1.82, 2.24) is 5.32 Å². The van der Waals surface area contributed by atoms with E-state index in [1.807, 2.05) is 43.3 Å². The first-order chi connectivity index (χ1) is 10.2. The Morgan fingerprint density at radius 3 is 1.90 bits per heavy atom. The molecule has 0 bridgehead atoms. The second-order valence-corrected chi connectivity index (χ2v) is 5.03. The van der Waals surface area contributed by atoms with E-state index in [1.165, 1.54) is 18.2 Å². The third-order valence-corrected chi connectivity index (χ3v) is 3.59. The van der Waals surface area contributed by atoms with E-state index in [2.05, 4.69) is 29.6 Å². The molecule has 0 aliphatic heterocycles. The molecule has 21 heavy (non-hydrogen) atoms. The van der Waals surface area contributed by atoms with Crippen molar-refractivity contribution < 1.29 is 9.53 Å². The molecular formula is C18H21NO2. The number of methoxy groups -OCH3 is 1. The van der Waals surface area contributed by atoms with Gasteiger partial charge in [0.1, 0.15) is 6.04 Å². The third-order valence-electron chi connectivity index (χ3n) is 3.59. The Labute approximate surface area is 126 Å². The van der Waals surface area contributed by atoms with Crippen LogP contribution in [0.4, 0.5) is 0 Å². The molecule has 110 valence electrons. The second kappa shape index (κ2) is 7.60. The smallest absolute Gasteiger partial charge is 0.322 e. The molecule has 1 N–H and O–H groups in total. The van der Waals surface area contributed by atoms with Crippen LogP contribution >= 0.6 is 0 Å². The Morgan fingerprint density at radius 1 is 1.00 bits per heavy atom. The van der Waals surface area contributed by atoms with Gasteiger partial charge >= 0.3 is 5.97 Å². The van der Waals surface area contributed by atoms with Gasteiger partial charge in [0.25, 0.3) is 0 Å². The second-order valence-electron chi connectivity index (χ2n) is 5.03. The van der Waals surface area contributed by atoms with E-state index in [0.717, 1.165) is 0 Å². The van der Waals surface area contributed by atoms with Crippen LogP contribution in [-0.2, 0) is 9.53 Å². The maximum Gasteiger partial charge on any atom is 0.322 e. The van der Waals surface area contributed by atoms with Gasteiger partial charge in [-0.2, -0.15) is 0 Å². The van der Waals surface area contributed by atoms with E-state index in [-0.39, 0.29) is 17.9 Å². The summed E-state index contributed by atoms with van der Waals surface area (Å²) in [7, 11) is 1.41. The summed E-state index contributed by atoms with van der Waals surface area (Å²) in [6.45, 7) is 2.50. The summed E-state index contributed by atoms with van der Waals surface area (Å²) in [6.07, 6.45) is 0. The molecule has 0 aliphatic carbocycles. The maximum absolute atomic E-state index is 11.5. The van der Waals surface area contributed by atoms with Gasteiger partial charge in [-0.15, -0.1) is 0 Å². The Balaban J connectivity index is 2.16. The standard InChI is InChI=1S/C18H21NO2/c1-14(18(20)21-2)19-13-17(15-9-5-3-6-10-15)16-11-7-4-8-12-16/h3-12,14,17,19H,13H2,1-2H3/t14-/m0/s1. The molecular weight excluding hydrogens is 262 g/mol. The summed E-state index contributed by atoms with van der Waals surface area (Å²) >= 11 is 0. The van der Waals surface area contributed by atoms with Gasteiger partial charge in [0.2, 0.25) is 0 Å². The predicted octanol–water partition coefficient (Wildman–Crippen LogP) is 2.97. The highest BCUT2D eigenvalue weighted by molar-refractivity contribution is 5.75. The number of nitrogens with one attached hydrogen (secondary N) is 1. The zero-order valence-corrected chi connectivity index (χ0v) is 12.5. The summed E-state index contributed by atoms with van der Waals surface area (Å²) in [4.78, 5) is 11.5. The number of carbonyl (C=O) groups is 1. The fourth-order valence-corrected chi connectivity index (χ4v) is 2.35. The minimum absolute atomic E-state index is 0.208. The monoisotopic (exact) mass is 283 g/mol. The van der Waals surface area contributed by atoms with Crippen molar-refractivity contribution in [1.29, 1.82) is 0 Å².